The number of hydrazine groups is 1. The van der Waals surface area contributed by atoms with Crippen LogP contribution >= 0.6 is 0 Å². The molecule has 0 aromatic heterocycles. The molecule has 9 rings (SSSR count). The standard InChI is InChI=1S/C43H41N3O5/c1-25-16-18-27(19-17-25)44-46-40(49)35-24-34-32(20-21-33-37(34)41(50)45(39(33)48)28-12-6-3-7-13-28)38(43(35,42(46)51)26-10-4-2-5-11-26)31-22-23-36(47)30-15-9-8-14-29(30)31/h2,4-5,8-11,14-20,22-23,28,33-35,37-38,44,47H,3,6-7,12-13,21,24H2,1H3/t33-,34+,35-,37-,38-,43+/m0/s1. The second-order valence-electron chi connectivity index (χ2n) is 15.1. The Balaban J connectivity index is 1.26. The van der Waals surface area contributed by atoms with Crippen LogP contribution < -0.4 is 5.43 Å². The summed E-state index contributed by atoms with van der Waals surface area (Å²) in [6.45, 7) is 1.98. The van der Waals surface area contributed by atoms with Crippen LogP contribution in [0.2, 0.25) is 0 Å². The predicted molar refractivity (Wildman–Crippen MR) is 193 cm³/mol. The fourth-order valence-corrected chi connectivity index (χ4v) is 10.4. The monoisotopic (exact) mass is 679 g/mol. The van der Waals surface area contributed by atoms with Crippen LogP contribution in [0.3, 0.4) is 0 Å². The second-order valence-corrected chi connectivity index (χ2v) is 15.1. The van der Waals surface area contributed by atoms with Crippen molar-refractivity contribution in [1.29, 1.82) is 0 Å². The van der Waals surface area contributed by atoms with Crippen LogP contribution in [0.15, 0.2) is 103 Å². The van der Waals surface area contributed by atoms with Gasteiger partial charge in [0.1, 0.15) is 5.75 Å². The van der Waals surface area contributed by atoms with Crippen molar-refractivity contribution in [3.05, 3.63) is 119 Å². The molecule has 0 spiro atoms. The summed E-state index contributed by atoms with van der Waals surface area (Å²) >= 11 is 0. The van der Waals surface area contributed by atoms with Gasteiger partial charge < -0.3 is 5.11 Å². The van der Waals surface area contributed by atoms with Crippen molar-refractivity contribution < 1.29 is 24.3 Å². The van der Waals surface area contributed by atoms with Gasteiger partial charge in [-0.05, 0) is 73.2 Å². The maximum absolute atomic E-state index is 15.4. The molecule has 0 radical (unpaired) electrons. The molecule has 4 aromatic rings. The van der Waals surface area contributed by atoms with Crippen LogP contribution in [0.5, 0.6) is 5.75 Å². The topological polar surface area (TPSA) is 107 Å². The molecule has 4 fully saturated rings. The lowest BCUT2D eigenvalue weighted by molar-refractivity contribution is -0.144. The number of fused-ring (bicyclic) bond motifs is 5. The van der Waals surface area contributed by atoms with Crippen LogP contribution in [0.1, 0.15) is 67.6 Å². The molecular formula is C43H41N3O5. The summed E-state index contributed by atoms with van der Waals surface area (Å²) in [5.41, 5.74) is 5.95. The number of aryl methyl sites for hydroxylation is 1. The minimum atomic E-state index is -1.36. The number of nitrogens with one attached hydrogen (secondary N) is 1. The second kappa shape index (κ2) is 11.9. The average molecular weight is 680 g/mol. The molecule has 0 unspecified atom stereocenters. The number of phenols is 1. The number of nitrogens with zero attached hydrogens (tertiary/aromatic N) is 2. The van der Waals surface area contributed by atoms with Gasteiger partial charge in [-0.1, -0.05) is 109 Å². The zero-order chi connectivity index (χ0) is 35.0. The largest absolute Gasteiger partial charge is 0.507 e. The fraction of sp³-hybridized carbons (Fsp3) is 0.349. The minimum Gasteiger partial charge on any atom is -0.507 e. The summed E-state index contributed by atoms with van der Waals surface area (Å²) in [6.07, 6.45) is 7.56. The maximum atomic E-state index is 15.4. The van der Waals surface area contributed by atoms with E-state index in [1.54, 1.807) is 11.0 Å². The highest BCUT2D eigenvalue weighted by atomic mass is 16.3. The van der Waals surface area contributed by atoms with Crippen LogP contribution in [0, 0.1) is 30.6 Å². The SMILES string of the molecule is Cc1ccc(NN2C(=O)[C@@H]3C[C@@H]4C(=CC[C@@H]5C(=O)N(C6CCCCC6)C(=O)[C@@H]54)[C@H](c4ccc(O)c5ccccc45)[C@]3(c3ccccc3)C2=O)cc1. The smallest absolute Gasteiger partial charge is 0.260 e. The number of imide groups is 2. The summed E-state index contributed by atoms with van der Waals surface area (Å²) in [6, 6.07) is 28.2. The zero-order valence-corrected chi connectivity index (χ0v) is 28.6. The first-order valence-corrected chi connectivity index (χ1v) is 18.4. The molecule has 258 valence electrons. The number of carbonyl (C=O) groups excluding carboxylic acids is 4. The van der Waals surface area contributed by atoms with Crippen LogP contribution in [-0.4, -0.2) is 44.7 Å². The summed E-state index contributed by atoms with van der Waals surface area (Å²) in [4.78, 5) is 60.7. The molecule has 2 saturated heterocycles. The third-order valence-corrected chi connectivity index (χ3v) is 12.6. The molecule has 51 heavy (non-hydrogen) atoms. The van der Waals surface area contributed by atoms with E-state index >= 15 is 4.79 Å². The van der Waals surface area contributed by atoms with E-state index in [2.05, 4.69) is 11.5 Å². The molecule has 6 atom stereocenters. The Morgan fingerprint density at radius 1 is 0.745 bits per heavy atom. The van der Waals surface area contributed by atoms with Gasteiger partial charge in [0.25, 0.3) is 11.8 Å². The molecule has 8 nitrogen and oxygen atoms in total. The number of rotatable bonds is 5. The molecule has 4 amide bonds. The first-order chi connectivity index (χ1) is 24.8. The van der Waals surface area contributed by atoms with E-state index in [1.165, 1.54) is 5.01 Å². The molecule has 2 saturated carbocycles. The number of amides is 4. The number of phenolic OH excluding ortho intramolecular Hbond substituents is 1. The normalized spacial score (nSPS) is 29.2. The Bertz CT molecular complexity index is 2120. The summed E-state index contributed by atoms with van der Waals surface area (Å²) in [7, 11) is 0. The predicted octanol–water partition coefficient (Wildman–Crippen LogP) is 7.17. The van der Waals surface area contributed by atoms with Crippen molar-refractivity contribution in [1.82, 2.24) is 9.91 Å². The molecule has 2 aliphatic heterocycles. The van der Waals surface area contributed by atoms with Gasteiger partial charge in [0.15, 0.2) is 0 Å². The van der Waals surface area contributed by atoms with Gasteiger partial charge in [-0.2, -0.15) is 5.01 Å². The van der Waals surface area contributed by atoms with Gasteiger partial charge in [-0.15, -0.1) is 0 Å². The van der Waals surface area contributed by atoms with Gasteiger partial charge >= 0.3 is 0 Å². The zero-order valence-electron chi connectivity index (χ0n) is 28.6. The highest BCUT2D eigenvalue weighted by Gasteiger charge is 2.70. The summed E-state index contributed by atoms with van der Waals surface area (Å²) in [5, 5.41) is 13.6. The number of carbonyl (C=O) groups is 4. The van der Waals surface area contributed by atoms with Crippen molar-refractivity contribution in [3.8, 4) is 5.75 Å². The van der Waals surface area contributed by atoms with Gasteiger partial charge in [0, 0.05) is 17.3 Å². The number of aromatic hydroxyl groups is 1. The van der Waals surface area contributed by atoms with Gasteiger partial charge in [-0.3, -0.25) is 29.5 Å². The Kier molecular flexibility index (Phi) is 7.42. The first-order valence-electron chi connectivity index (χ1n) is 18.4. The Labute approximate surface area is 297 Å². The van der Waals surface area contributed by atoms with Crippen LogP contribution in [-0.2, 0) is 24.6 Å². The van der Waals surface area contributed by atoms with E-state index in [4.69, 9.17) is 0 Å². The summed E-state index contributed by atoms with van der Waals surface area (Å²) < 4.78 is 0. The van der Waals surface area contributed by atoms with E-state index < -0.39 is 35.0 Å². The molecule has 3 aliphatic carbocycles. The average Bonchev–Trinajstić information content (AvgIpc) is 3.54. The van der Waals surface area contributed by atoms with E-state index in [1.807, 2.05) is 91.9 Å². The number of likely N-dealkylation sites (tertiary alicyclic amines) is 1. The fourth-order valence-electron chi connectivity index (χ4n) is 10.4. The lowest BCUT2D eigenvalue weighted by Crippen LogP contribution is -2.53. The Morgan fingerprint density at radius 2 is 1.45 bits per heavy atom. The van der Waals surface area contributed by atoms with Crippen molar-refractivity contribution in [2.75, 3.05) is 5.43 Å². The number of hydrogen-bond donors (Lipinski definition) is 2. The molecule has 0 bridgehead atoms. The molecular weight excluding hydrogens is 638 g/mol. The van der Waals surface area contributed by atoms with Crippen molar-refractivity contribution in [3.63, 3.8) is 0 Å². The third kappa shape index (κ3) is 4.57. The Morgan fingerprint density at radius 3 is 2.20 bits per heavy atom. The van der Waals surface area contributed by atoms with Gasteiger partial charge in [0.05, 0.1) is 28.9 Å². The lowest BCUT2D eigenvalue weighted by atomic mass is 9.49. The molecule has 2 N–H and O–H groups in total. The quantitative estimate of drug-likeness (QED) is 0.171. The molecule has 2 heterocycles. The van der Waals surface area contributed by atoms with Crippen molar-refractivity contribution in [2.45, 2.75) is 69.2 Å². The highest BCUT2D eigenvalue weighted by molar-refractivity contribution is 6.13. The van der Waals surface area contributed by atoms with Crippen molar-refractivity contribution in [2.24, 2.45) is 23.7 Å². The van der Waals surface area contributed by atoms with Crippen LogP contribution in [0.4, 0.5) is 5.69 Å². The molecule has 8 heteroatoms. The summed E-state index contributed by atoms with van der Waals surface area (Å²) in [5.74, 6) is -3.76. The lowest BCUT2D eigenvalue weighted by Gasteiger charge is -2.51. The van der Waals surface area contributed by atoms with Gasteiger partial charge in [-0.25, -0.2) is 0 Å². The number of hydrogen-bond acceptors (Lipinski definition) is 6. The third-order valence-electron chi connectivity index (χ3n) is 12.6. The number of anilines is 1. The first kappa shape index (κ1) is 31.7. The molecule has 5 aliphatic rings. The number of benzene rings is 4. The highest BCUT2D eigenvalue weighted by Crippen LogP contribution is 2.65. The van der Waals surface area contributed by atoms with Crippen LogP contribution in [0.25, 0.3) is 10.8 Å². The minimum absolute atomic E-state index is 0.0828. The van der Waals surface area contributed by atoms with E-state index in [0.717, 1.165) is 59.8 Å². The maximum Gasteiger partial charge on any atom is 0.260 e. The van der Waals surface area contributed by atoms with E-state index in [0.29, 0.717) is 17.5 Å². The Hall–Kier alpha value is -5.24. The van der Waals surface area contributed by atoms with Crippen molar-refractivity contribution >= 4 is 40.1 Å². The van der Waals surface area contributed by atoms with E-state index in [9.17, 15) is 19.5 Å². The number of allylic oxidation sites excluding steroid dienone is 2. The van der Waals surface area contributed by atoms with Gasteiger partial charge in [0.2, 0.25) is 11.8 Å². The van der Waals surface area contributed by atoms with E-state index in [-0.39, 0.29) is 41.8 Å². The molecule has 4 aromatic carbocycles.